The van der Waals surface area contributed by atoms with Crippen LogP contribution in [0, 0.1) is 11.2 Å². The molecular weight excluding hydrogens is 297 g/mol. The van der Waals surface area contributed by atoms with Crippen LogP contribution in [-0.4, -0.2) is 13.1 Å². The molecule has 0 aliphatic rings. The first-order valence-corrected chi connectivity index (χ1v) is 7.47. The van der Waals surface area contributed by atoms with Crippen molar-refractivity contribution in [2.75, 3.05) is 7.11 Å². The maximum Gasteiger partial charge on any atom is 0.373 e. The number of hydrogen-bond acceptors (Lipinski definition) is 4. The molecule has 1 unspecified atom stereocenters. The van der Waals surface area contributed by atoms with E-state index in [4.69, 9.17) is 4.42 Å². The lowest BCUT2D eigenvalue weighted by Crippen LogP contribution is -2.31. The standard InChI is InChI=1S/C18H22FNO3/c1-18(2,3)16(12-5-7-13(19)8-6-12)20-11-14-9-10-15(23-14)17(21)22-4/h5-10,16,20H,11H2,1-4H3. The highest BCUT2D eigenvalue weighted by atomic mass is 19.1. The molecule has 0 spiro atoms. The van der Waals surface area contributed by atoms with Crippen molar-refractivity contribution < 1.29 is 18.3 Å². The number of carbonyl (C=O) groups is 1. The van der Waals surface area contributed by atoms with Crippen LogP contribution in [0.4, 0.5) is 4.39 Å². The molecule has 0 aliphatic heterocycles. The number of carbonyl (C=O) groups excluding carboxylic acids is 1. The number of nitrogens with one attached hydrogen (secondary N) is 1. The summed E-state index contributed by atoms with van der Waals surface area (Å²) in [5, 5.41) is 3.41. The molecule has 0 saturated heterocycles. The molecule has 23 heavy (non-hydrogen) atoms. The molecule has 0 fully saturated rings. The fraction of sp³-hybridized carbons (Fsp3) is 0.389. The molecule has 0 radical (unpaired) electrons. The zero-order chi connectivity index (χ0) is 17.0. The minimum atomic E-state index is -0.498. The van der Waals surface area contributed by atoms with Gasteiger partial charge in [0.25, 0.3) is 0 Å². The van der Waals surface area contributed by atoms with Gasteiger partial charge < -0.3 is 14.5 Å². The number of hydrogen-bond donors (Lipinski definition) is 1. The van der Waals surface area contributed by atoms with Gasteiger partial charge in [-0.2, -0.15) is 0 Å². The highest BCUT2D eigenvalue weighted by Gasteiger charge is 2.26. The van der Waals surface area contributed by atoms with Crippen molar-refractivity contribution >= 4 is 5.97 Å². The van der Waals surface area contributed by atoms with Crippen molar-refractivity contribution in [2.45, 2.75) is 33.4 Å². The summed E-state index contributed by atoms with van der Waals surface area (Å²) in [6.07, 6.45) is 0. The van der Waals surface area contributed by atoms with E-state index in [-0.39, 0.29) is 23.0 Å². The summed E-state index contributed by atoms with van der Waals surface area (Å²) in [4.78, 5) is 11.4. The van der Waals surface area contributed by atoms with Gasteiger partial charge in [0.15, 0.2) is 0 Å². The van der Waals surface area contributed by atoms with Gasteiger partial charge in [-0.25, -0.2) is 9.18 Å². The number of methoxy groups -OCH3 is 1. The zero-order valence-electron chi connectivity index (χ0n) is 13.9. The van der Waals surface area contributed by atoms with E-state index in [1.807, 2.05) is 0 Å². The lowest BCUT2D eigenvalue weighted by Gasteiger charge is -2.32. The van der Waals surface area contributed by atoms with E-state index < -0.39 is 5.97 Å². The van der Waals surface area contributed by atoms with E-state index in [0.717, 1.165) is 5.56 Å². The third kappa shape index (κ3) is 4.42. The van der Waals surface area contributed by atoms with Crippen molar-refractivity contribution in [2.24, 2.45) is 5.41 Å². The summed E-state index contributed by atoms with van der Waals surface area (Å²) >= 11 is 0. The van der Waals surface area contributed by atoms with Gasteiger partial charge in [0, 0.05) is 6.04 Å². The summed E-state index contributed by atoms with van der Waals surface area (Å²) in [7, 11) is 1.31. The Morgan fingerprint density at radius 3 is 2.43 bits per heavy atom. The van der Waals surface area contributed by atoms with E-state index >= 15 is 0 Å². The molecule has 0 bridgehead atoms. The molecule has 1 heterocycles. The van der Waals surface area contributed by atoms with Crippen molar-refractivity contribution in [3.8, 4) is 0 Å². The quantitative estimate of drug-likeness (QED) is 0.844. The molecule has 124 valence electrons. The number of halogens is 1. The molecule has 0 saturated carbocycles. The number of benzene rings is 1. The molecule has 5 heteroatoms. The average molecular weight is 319 g/mol. The molecule has 2 rings (SSSR count). The van der Waals surface area contributed by atoms with Crippen LogP contribution in [0.3, 0.4) is 0 Å². The Balaban J connectivity index is 2.11. The van der Waals surface area contributed by atoms with Gasteiger partial charge in [0.1, 0.15) is 11.6 Å². The van der Waals surface area contributed by atoms with E-state index in [0.29, 0.717) is 12.3 Å². The topological polar surface area (TPSA) is 51.5 Å². The molecule has 4 nitrogen and oxygen atoms in total. The van der Waals surface area contributed by atoms with Crippen molar-refractivity contribution in [3.63, 3.8) is 0 Å². The molecule has 0 amide bonds. The summed E-state index contributed by atoms with van der Waals surface area (Å²) in [6.45, 7) is 6.78. The Morgan fingerprint density at radius 2 is 1.87 bits per heavy atom. The monoisotopic (exact) mass is 319 g/mol. The van der Waals surface area contributed by atoms with Crippen LogP contribution in [0.5, 0.6) is 0 Å². The number of esters is 1. The molecule has 1 aromatic carbocycles. The van der Waals surface area contributed by atoms with E-state index in [9.17, 15) is 9.18 Å². The van der Waals surface area contributed by atoms with Crippen LogP contribution in [0.25, 0.3) is 0 Å². The minimum Gasteiger partial charge on any atom is -0.463 e. The van der Waals surface area contributed by atoms with Gasteiger partial charge in [-0.15, -0.1) is 0 Å². The first-order valence-electron chi connectivity index (χ1n) is 7.47. The average Bonchev–Trinajstić information content (AvgIpc) is 2.96. The number of ether oxygens (including phenoxy) is 1. The predicted octanol–water partition coefficient (Wildman–Crippen LogP) is 4.08. The van der Waals surface area contributed by atoms with Crippen LogP contribution in [-0.2, 0) is 11.3 Å². The van der Waals surface area contributed by atoms with Crippen molar-refractivity contribution in [1.82, 2.24) is 5.32 Å². The second-order valence-electron chi connectivity index (χ2n) is 6.49. The Hall–Kier alpha value is -2.14. The van der Waals surface area contributed by atoms with E-state index in [2.05, 4.69) is 30.8 Å². The Morgan fingerprint density at radius 1 is 1.22 bits per heavy atom. The molecule has 1 N–H and O–H groups in total. The van der Waals surface area contributed by atoms with Crippen LogP contribution in [0.2, 0.25) is 0 Å². The zero-order valence-corrected chi connectivity index (χ0v) is 13.9. The highest BCUT2D eigenvalue weighted by molar-refractivity contribution is 5.86. The van der Waals surface area contributed by atoms with E-state index in [1.165, 1.54) is 19.2 Å². The molecule has 0 aliphatic carbocycles. The smallest absolute Gasteiger partial charge is 0.373 e. The van der Waals surface area contributed by atoms with Crippen molar-refractivity contribution in [1.29, 1.82) is 0 Å². The first kappa shape index (κ1) is 17.2. The maximum absolute atomic E-state index is 13.1. The van der Waals surface area contributed by atoms with Crippen LogP contribution in [0.1, 0.15) is 48.7 Å². The minimum absolute atomic E-state index is 0.00905. The summed E-state index contributed by atoms with van der Waals surface area (Å²) in [5.41, 5.74) is 0.925. The number of rotatable bonds is 5. The van der Waals surface area contributed by atoms with Gasteiger partial charge in [-0.3, -0.25) is 0 Å². The lowest BCUT2D eigenvalue weighted by molar-refractivity contribution is 0.0562. The summed E-state index contributed by atoms with van der Waals surface area (Å²) < 4.78 is 23.2. The van der Waals surface area contributed by atoms with Gasteiger partial charge in [-0.1, -0.05) is 32.9 Å². The van der Waals surface area contributed by atoms with Crippen LogP contribution >= 0.6 is 0 Å². The second kappa shape index (κ2) is 6.96. The molecule has 1 atom stereocenters. The Bertz CT molecular complexity index is 656. The van der Waals surface area contributed by atoms with Crippen molar-refractivity contribution in [3.05, 3.63) is 59.3 Å². The largest absolute Gasteiger partial charge is 0.463 e. The highest BCUT2D eigenvalue weighted by Crippen LogP contribution is 2.33. The summed E-state index contributed by atoms with van der Waals surface area (Å²) in [5.74, 6) is 0.0671. The predicted molar refractivity (Wildman–Crippen MR) is 85.5 cm³/mol. The SMILES string of the molecule is COC(=O)c1ccc(CNC(c2ccc(F)cc2)C(C)(C)C)o1. The Kier molecular flexibility index (Phi) is 5.21. The van der Waals surface area contributed by atoms with Gasteiger partial charge in [0.05, 0.1) is 13.7 Å². The first-order chi connectivity index (χ1) is 10.8. The lowest BCUT2D eigenvalue weighted by atomic mass is 9.82. The van der Waals surface area contributed by atoms with Gasteiger partial charge in [0.2, 0.25) is 5.76 Å². The normalized spacial score (nSPS) is 12.9. The van der Waals surface area contributed by atoms with Crippen LogP contribution < -0.4 is 5.32 Å². The number of furan rings is 1. The van der Waals surface area contributed by atoms with E-state index in [1.54, 1.807) is 24.3 Å². The second-order valence-corrected chi connectivity index (χ2v) is 6.49. The molecular formula is C18H22FNO3. The third-order valence-electron chi connectivity index (χ3n) is 3.60. The van der Waals surface area contributed by atoms with Crippen LogP contribution in [0.15, 0.2) is 40.8 Å². The van der Waals surface area contributed by atoms with Gasteiger partial charge >= 0.3 is 5.97 Å². The van der Waals surface area contributed by atoms with Gasteiger partial charge in [-0.05, 0) is 35.2 Å². The molecule has 1 aromatic heterocycles. The molecule has 2 aromatic rings. The third-order valence-corrected chi connectivity index (χ3v) is 3.60. The maximum atomic E-state index is 13.1. The summed E-state index contributed by atoms with van der Waals surface area (Å²) in [6, 6.07) is 9.81. The fourth-order valence-electron chi connectivity index (χ4n) is 2.47. The Labute approximate surface area is 135 Å². The fourth-order valence-corrected chi connectivity index (χ4v) is 2.47.